The lowest BCUT2D eigenvalue weighted by Crippen LogP contribution is -2.10. The van der Waals surface area contributed by atoms with Gasteiger partial charge in [-0.05, 0) is 52.6 Å². The van der Waals surface area contributed by atoms with E-state index >= 15 is 0 Å². The Hall–Kier alpha value is -3.69. The second-order valence-electron chi connectivity index (χ2n) is 7.40. The molecule has 0 spiro atoms. The molecule has 0 saturated heterocycles. The van der Waals surface area contributed by atoms with Crippen LogP contribution in [0.2, 0.25) is 0 Å². The SMILES string of the molecule is COc1c(OC(F)F)ccc(-c2ccc3c(c2)CNC3O)c1OCc1ccc(C(N)=O)cc1. The summed E-state index contributed by atoms with van der Waals surface area (Å²) in [5.74, 6) is -0.450. The van der Waals surface area contributed by atoms with Crippen molar-refractivity contribution >= 4 is 5.91 Å². The van der Waals surface area contributed by atoms with Crippen LogP contribution in [0.25, 0.3) is 11.1 Å². The third-order valence-electron chi connectivity index (χ3n) is 5.35. The van der Waals surface area contributed by atoms with E-state index in [1.165, 1.54) is 13.2 Å². The number of carbonyl (C=O) groups is 1. The molecular formula is C24H22F2N2O5. The minimum atomic E-state index is -3.04. The van der Waals surface area contributed by atoms with Gasteiger partial charge in [0.2, 0.25) is 11.7 Å². The molecule has 0 aliphatic carbocycles. The molecule has 1 unspecified atom stereocenters. The molecule has 3 aromatic carbocycles. The summed E-state index contributed by atoms with van der Waals surface area (Å²) in [6.45, 7) is -2.46. The number of alkyl halides is 2. The standard InChI is InChI=1S/C24H22F2N2O5/c1-31-21-19(33-24(25)26)9-8-17(15-6-7-18-16(10-15)11-28-23(18)30)20(21)32-12-13-2-4-14(5-3-13)22(27)29/h2-10,23-24,28,30H,11-12H2,1H3,(H2,27,29). The maximum atomic E-state index is 12.9. The number of benzene rings is 3. The molecule has 0 bridgehead atoms. The van der Waals surface area contributed by atoms with Crippen LogP contribution in [0.15, 0.2) is 54.6 Å². The zero-order chi connectivity index (χ0) is 23.5. The number of aliphatic hydroxyl groups excluding tert-OH is 1. The van der Waals surface area contributed by atoms with Crippen molar-refractivity contribution in [3.05, 3.63) is 76.9 Å². The number of hydrogen-bond acceptors (Lipinski definition) is 6. The zero-order valence-electron chi connectivity index (χ0n) is 17.7. The lowest BCUT2D eigenvalue weighted by atomic mass is 9.99. The number of halogens is 2. The fourth-order valence-electron chi connectivity index (χ4n) is 3.73. The first-order valence-electron chi connectivity index (χ1n) is 10.1. The van der Waals surface area contributed by atoms with E-state index in [2.05, 4.69) is 10.1 Å². The molecule has 1 heterocycles. The van der Waals surface area contributed by atoms with Gasteiger partial charge in [0, 0.05) is 17.7 Å². The van der Waals surface area contributed by atoms with Gasteiger partial charge in [-0.3, -0.25) is 10.1 Å². The number of aliphatic hydroxyl groups is 1. The highest BCUT2D eigenvalue weighted by atomic mass is 19.3. The minimum Gasteiger partial charge on any atom is -0.490 e. The summed E-state index contributed by atoms with van der Waals surface area (Å²) in [7, 11) is 1.34. The normalized spacial score (nSPS) is 14.8. The molecule has 4 rings (SSSR count). The maximum Gasteiger partial charge on any atom is 0.387 e. The first-order valence-corrected chi connectivity index (χ1v) is 10.1. The Bertz CT molecular complexity index is 1170. The Morgan fingerprint density at radius 2 is 1.91 bits per heavy atom. The number of rotatable bonds is 8. The Kier molecular flexibility index (Phi) is 6.43. The van der Waals surface area contributed by atoms with Crippen LogP contribution in [0.1, 0.15) is 33.3 Å². The highest BCUT2D eigenvalue weighted by Gasteiger charge is 2.23. The van der Waals surface area contributed by atoms with E-state index in [1.807, 2.05) is 12.1 Å². The van der Waals surface area contributed by atoms with Crippen molar-refractivity contribution in [2.75, 3.05) is 7.11 Å². The van der Waals surface area contributed by atoms with Crippen LogP contribution < -0.4 is 25.3 Å². The van der Waals surface area contributed by atoms with Gasteiger partial charge in [-0.15, -0.1) is 0 Å². The molecule has 9 heteroatoms. The van der Waals surface area contributed by atoms with E-state index in [0.29, 0.717) is 17.7 Å². The molecule has 0 fully saturated rings. The summed E-state index contributed by atoms with van der Waals surface area (Å²) in [5.41, 5.74) is 9.42. The molecular weight excluding hydrogens is 434 g/mol. The number of primary amides is 1. The van der Waals surface area contributed by atoms with Gasteiger partial charge in [-0.1, -0.05) is 24.3 Å². The molecule has 1 amide bonds. The summed E-state index contributed by atoms with van der Waals surface area (Å²) >= 11 is 0. The Morgan fingerprint density at radius 1 is 1.15 bits per heavy atom. The van der Waals surface area contributed by atoms with Gasteiger partial charge < -0.3 is 25.1 Å². The number of fused-ring (bicyclic) bond motifs is 1. The number of methoxy groups -OCH3 is 1. The van der Waals surface area contributed by atoms with E-state index in [0.717, 1.165) is 22.3 Å². The quantitative estimate of drug-likeness (QED) is 0.477. The van der Waals surface area contributed by atoms with Crippen molar-refractivity contribution in [3.63, 3.8) is 0 Å². The number of nitrogens with one attached hydrogen (secondary N) is 1. The van der Waals surface area contributed by atoms with Crippen LogP contribution in [0.4, 0.5) is 8.78 Å². The molecule has 1 aliphatic rings. The molecule has 7 nitrogen and oxygen atoms in total. The van der Waals surface area contributed by atoms with Crippen molar-refractivity contribution in [1.82, 2.24) is 5.32 Å². The Balaban J connectivity index is 1.72. The predicted molar refractivity (Wildman–Crippen MR) is 116 cm³/mol. The van der Waals surface area contributed by atoms with Crippen LogP contribution >= 0.6 is 0 Å². The lowest BCUT2D eigenvalue weighted by molar-refractivity contribution is -0.0513. The van der Waals surface area contributed by atoms with E-state index in [4.69, 9.17) is 15.2 Å². The molecule has 33 heavy (non-hydrogen) atoms. The second kappa shape index (κ2) is 9.43. The molecule has 4 N–H and O–H groups in total. The first-order chi connectivity index (χ1) is 15.9. The lowest BCUT2D eigenvalue weighted by Gasteiger charge is -2.19. The first kappa shape index (κ1) is 22.5. The molecule has 0 radical (unpaired) electrons. The fraction of sp³-hybridized carbons (Fsp3) is 0.208. The number of hydrogen-bond donors (Lipinski definition) is 3. The molecule has 0 aromatic heterocycles. The monoisotopic (exact) mass is 456 g/mol. The van der Waals surface area contributed by atoms with Crippen LogP contribution in [0.3, 0.4) is 0 Å². The summed E-state index contributed by atoms with van der Waals surface area (Å²) in [6.07, 6.45) is -0.732. The van der Waals surface area contributed by atoms with Gasteiger partial charge in [0.25, 0.3) is 0 Å². The number of amides is 1. The van der Waals surface area contributed by atoms with Crippen LogP contribution in [-0.2, 0) is 13.2 Å². The number of carbonyl (C=O) groups excluding carboxylic acids is 1. The summed E-state index contributed by atoms with van der Waals surface area (Å²) in [5, 5.41) is 12.9. The average Bonchev–Trinajstić information content (AvgIpc) is 3.17. The molecule has 172 valence electrons. The number of ether oxygens (including phenoxy) is 3. The highest BCUT2D eigenvalue weighted by Crippen LogP contribution is 2.46. The van der Waals surface area contributed by atoms with Crippen molar-refractivity contribution in [2.45, 2.75) is 26.0 Å². The third-order valence-corrected chi connectivity index (χ3v) is 5.35. The predicted octanol–water partition coefficient (Wildman–Crippen LogP) is 3.74. The molecule has 0 saturated carbocycles. The largest absolute Gasteiger partial charge is 0.490 e. The van der Waals surface area contributed by atoms with Gasteiger partial charge in [0.05, 0.1) is 7.11 Å². The Morgan fingerprint density at radius 3 is 2.58 bits per heavy atom. The number of nitrogens with two attached hydrogens (primary N) is 1. The summed E-state index contributed by atoms with van der Waals surface area (Å²) in [4.78, 5) is 11.3. The molecule has 3 aromatic rings. The molecule has 1 atom stereocenters. The van der Waals surface area contributed by atoms with Crippen molar-refractivity contribution < 1.29 is 32.9 Å². The zero-order valence-corrected chi connectivity index (χ0v) is 17.7. The topological polar surface area (TPSA) is 103 Å². The van der Waals surface area contributed by atoms with Crippen LogP contribution in [0.5, 0.6) is 17.2 Å². The highest BCUT2D eigenvalue weighted by molar-refractivity contribution is 5.92. The van der Waals surface area contributed by atoms with E-state index in [9.17, 15) is 18.7 Å². The summed E-state index contributed by atoms with van der Waals surface area (Å²) in [6, 6.07) is 15.1. The van der Waals surface area contributed by atoms with Crippen molar-refractivity contribution in [3.8, 4) is 28.4 Å². The fourth-order valence-corrected chi connectivity index (χ4v) is 3.73. The Labute approximate surface area is 188 Å². The van der Waals surface area contributed by atoms with Crippen LogP contribution in [0, 0.1) is 0 Å². The van der Waals surface area contributed by atoms with Gasteiger partial charge >= 0.3 is 6.61 Å². The van der Waals surface area contributed by atoms with E-state index in [-0.39, 0.29) is 23.9 Å². The third kappa shape index (κ3) is 4.74. The van der Waals surface area contributed by atoms with Crippen molar-refractivity contribution in [2.24, 2.45) is 5.73 Å². The smallest absolute Gasteiger partial charge is 0.387 e. The van der Waals surface area contributed by atoms with Crippen molar-refractivity contribution in [1.29, 1.82) is 0 Å². The van der Waals surface area contributed by atoms with E-state index < -0.39 is 18.7 Å². The van der Waals surface area contributed by atoms with E-state index in [1.54, 1.807) is 36.4 Å². The van der Waals surface area contributed by atoms with Gasteiger partial charge in [0.1, 0.15) is 12.8 Å². The van der Waals surface area contributed by atoms with Crippen LogP contribution in [-0.4, -0.2) is 24.7 Å². The van der Waals surface area contributed by atoms with Gasteiger partial charge in [-0.2, -0.15) is 8.78 Å². The second-order valence-corrected chi connectivity index (χ2v) is 7.40. The average molecular weight is 456 g/mol. The summed E-state index contributed by atoms with van der Waals surface area (Å²) < 4.78 is 41.9. The van der Waals surface area contributed by atoms with Gasteiger partial charge in [-0.25, -0.2) is 0 Å². The van der Waals surface area contributed by atoms with Gasteiger partial charge in [0.15, 0.2) is 11.5 Å². The maximum absolute atomic E-state index is 12.9. The molecule has 1 aliphatic heterocycles. The minimum absolute atomic E-state index is 0.0280.